The maximum absolute atomic E-state index is 5.21. The lowest BCUT2D eigenvalue weighted by Gasteiger charge is -2.39. The van der Waals surface area contributed by atoms with E-state index in [-0.39, 0.29) is 12.4 Å². The summed E-state index contributed by atoms with van der Waals surface area (Å²) in [6.07, 6.45) is 9.02. The number of nitrogens with zero attached hydrogens (tertiary/aromatic N) is 2. The topological polar surface area (TPSA) is 19.6 Å². The van der Waals surface area contributed by atoms with Crippen molar-refractivity contribution in [1.82, 2.24) is 4.90 Å². The van der Waals surface area contributed by atoms with Crippen molar-refractivity contribution in [3.05, 3.63) is 54.0 Å². The molecule has 1 saturated carbocycles. The first-order valence-electron chi connectivity index (χ1n) is 10.2. The number of anilines is 1. The molecule has 2 heterocycles. The van der Waals surface area contributed by atoms with E-state index >= 15 is 0 Å². The van der Waals surface area contributed by atoms with Crippen LogP contribution in [0.2, 0.25) is 0 Å². The molecule has 1 aliphatic heterocycles. The van der Waals surface area contributed by atoms with Gasteiger partial charge in [0.15, 0.2) is 0 Å². The van der Waals surface area contributed by atoms with E-state index in [1.165, 1.54) is 36.9 Å². The molecule has 0 amide bonds. The smallest absolute Gasteiger partial charge is 0.0947 e. The van der Waals surface area contributed by atoms with E-state index in [4.69, 9.17) is 4.42 Å². The normalized spacial score (nSPS) is 21.0. The second kappa shape index (κ2) is 8.70. The third kappa shape index (κ3) is 4.89. The Morgan fingerprint density at radius 3 is 2.37 bits per heavy atom. The first kappa shape index (κ1) is 20.3. The molecule has 1 aromatic heterocycles. The SMILES string of the molecule is CC1(C)CCC(c2ccccc2N2CCN(Cc3ccoc3)CC2)CC1.Cl. The van der Waals surface area contributed by atoms with Gasteiger partial charge in [-0.25, -0.2) is 0 Å². The van der Waals surface area contributed by atoms with Gasteiger partial charge in [-0.1, -0.05) is 32.0 Å². The summed E-state index contributed by atoms with van der Waals surface area (Å²) in [5.41, 5.74) is 4.89. The lowest BCUT2D eigenvalue weighted by atomic mass is 9.71. The van der Waals surface area contributed by atoms with Crippen LogP contribution in [0.5, 0.6) is 0 Å². The molecular formula is C23H33ClN2O. The quantitative estimate of drug-likeness (QED) is 0.669. The summed E-state index contributed by atoms with van der Waals surface area (Å²) < 4.78 is 5.21. The molecule has 2 fully saturated rings. The Balaban J connectivity index is 0.00000210. The van der Waals surface area contributed by atoms with Crippen molar-refractivity contribution in [2.45, 2.75) is 52.0 Å². The van der Waals surface area contributed by atoms with Gasteiger partial charge < -0.3 is 9.32 Å². The van der Waals surface area contributed by atoms with Gasteiger partial charge in [0.1, 0.15) is 0 Å². The Labute approximate surface area is 170 Å². The molecule has 4 rings (SSSR count). The molecule has 27 heavy (non-hydrogen) atoms. The molecular weight excluding hydrogens is 356 g/mol. The zero-order valence-electron chi connectivity index (χ0n) is 16.7. The van der Waals surface area contributed by atoms with Gasteiger partial charge in [-0.3, -0.25) is 4.90 Å². The fourth-order valence-electron chi connectivity index (χ4n) is 4.62. The highest BCUT2D eigenvalue weighted by Crippen LogP contribution is 2.44. The van der Waals surface area contributed by atoms with Crippen molar-refractivity contribution in [3.8, 4) is 0 Å². The fourth-order valence-corrected chi connectivity index (χ4v) is 4.62. The summed E-state index contributed by atoms with van der Waals surface area (Å²) in [7, 11) is 0. The van der Waals surface area contributed by atoms with Crippen LogP contribution in [0.3, 0.4) is 0 Å². The largest absolute Gasteiger partial charge is 0.472 e. The van der Waals surface area contributed by atoms with Crippen LogP contribution in [0.25, 0.3) is 0 Å². The van der Waals surface area contributed by atoms with Crippen LogP contribution in [0, 0.1) is 5.41 Å². The zero-order valence-corrected chi connectivity index (χ0v) is 17.5. The van der Waals surface area contributed by atoms with Crippen LogP contribution in [0.15, 0.2) is 47.3 Å². The minimum Gasteiger partial charge on any atom is -0.472 e. The molecule has 0 bridgehead atoms. The van der Waals surface area contributed by atoms with E-state index < -0.39 is 0 Å². The van der Waals surface area contributed by atoms with Crippen molar-refractivity contribution >= 4 is 18.1 Å². The maximum atomic E-state index is 5.21. The van der Waals surface area contributed by atoms with E-state index in [0.29, 0.717) is 5.41 Å². The van der Waals surface area contributed by atoms with Crippen LogP contribution in [0.1, 0.15) is 56.6 Å². The van der Waals surface area contributed by atoms with Gasteiger partial charge in [0.25, 0.3) is 0 Å². The molecule has 1 aliphatic carbocycles. The monoisotopic (exact) mass is 388 g/mol. The molecule has 1 aromatic carbocycles. The van der Waals surface area contributed by atoms with Crippen molar-refractivity contribution < 1.29 is 4.42 Å². The molecule has 3 nitrogen and oxygen atoms in total. The van der Waals surface area contributed by atoms with Crippen molar-refractivity contribution in [1.29, 1.82) is 0 Å². The molecule has 0 radical (unpaired) electrons. The summed E-state index contributed by atoms with van der Waals surface area (Å²) in [4.78, 5) is 5.15. The van der Waals surface area contributed by atoms with Crippen LogP contribution in [-0.2, 0) is 6.54 Å². The van der Waals surface area contributed by atoms with Crippen molar-refractivity contribution in [2.24, 2.45) is 5.41 Å². The summed E-state index contributed by atoms with van der Waals surface area (Å²) in [5.74, 6) is 0.739. The van der Waals surface area contributed by atoms with Crippen molar-refractivity contribution in [2.75, 3.05) is 31.1 Å². The maximum Gasteiger partial charge on any atom is 0.0947 e. The summed E-state index contributed by atoms with van der Waals surface area (Å²) in [6, 6.07) is 11.3. The number of hydrogen-bond acceptors (Lipinski definition) is 3. The van der Waals surface area contributed by atoms with E-state index in [1.54, 1.807) is 11.8 Å². The predicted molar refractivity (Wildman–Crippen MR) is 115 cm³/mol. The van der Waals surface area contributed by atoms with E-state index in [9.17, 15) is 0 Å². The number of benzene rings is 1. The highest BCUT2D eigenvalue weighted by molar-refractivity contribution is 5.85. The van der Waals surface area contributed by atoms with Crippen LogP contribution < -0.4 is 4.90 Å². The number of rotatable bonds is 4. The van der Waals surface area contributed by atoms with Gasteiger partial charge in [-0.2, -0.15) is 0 Å². The summed E-state index contributed by atoms with van der Waals surface area (Å²) in [6.45, 7) is 10.3. The van der Waals surface area contributed by atoms with Gasteiger partial charge in [0, 0.05) is 44.0 Å². The van der Waals surface area contributed by atoms with Gasteiger partial charge in [0.2, 0.25) is 0 Å². The molecule has 1 saturated heterocycles. The molecule has 0 spiro atoms. The first-order valence-corrected chi connectivity index (χ1v) is 10.2. The second-order valence-electron chi connectivity index (χ2n) is 8.89. The minimum absolute atomic E-state index is 0. The second-order valence-corrected chi connectivity index (χ2v) is 8.89. The molecule has 148 valence electrons. The Bertz CT molecular complexity index is 695. The first-order chi connectivity index (χ1) is 12.6. The third-order valence-corrected chi connectivity index (χ3v) is 6.41. The van der Waals surface area contributed by atoms with Crippen LogP contribution in [0.4, 0.5) is 5.69 Å². The molecule has 2 aliphatic rings. The Morgan fingerprint density at radius 1 is 1.00 bits per heavy atom. The number of hydrogen-bond donors (Lipinski definition) is 0. The van der Waals surface area contributed by atoms with E-state index in [0.717, 1.165) is 38.6 Å². The lowest BCUT2D eigenvalue weighted by molar-refractivity contribution is 0.224. The predicted octanol–water partition coefficient (Wildman–Crippen LogP) is 5.71. The Hall–Kier alpha value is -1.45. The molecule has 0 unspecified atom stereocenters. The molecule has 0 N–H and O–H groups in total. The summed E-state index contributed by atoms with van der Waals surface area (Å²) in [5, 5.41) is 0. The van der Waals surface area contributed by atoms with Crippen LogP contribution >= 0.6 is 12.4 Å². The highest BCUT2D eigenvalue weighted by Gasteiger charge is 2.30. The summed E-state index contributed by atoms with van der Waals surface area (Å²) >= 11 is 0. The third-order valence-electron chi connectivity index (χ3n) is 6.41. The van der Waals surface area contributed by atoms with E-state index in [1.807, 2.05) is 6.26 Å². The van der Waals surface area contributed by atoms with E-state index in [2.05, 4.69) is 54.0 Å². The Morgan fingerprint density at radius 2 is 1.70 bits per heavy atom. The lowest BCUT2D eigenvalue weighted by Crippen LogP contribution is -2.46. The minimum atomic E-state index is 0. The van der Waals surface area contributed by atoms with Gasteiger partial charge in [0.05, 0.1) is 12.5 Å². The standard InChI is InChI=1S/C23H32N2O.ClH/c1-23(2)10-7-20(8-11-23)21-5-3-4-6-22(21)25-14-12-24(13-15-25)17-19-9-16-26-18-19;/h3-6,9,16,18,20H,7-8,10-15,17H2,1-2H3;1H. The van der Waals surface area contributed by atoms with Gasteiger partial charge in [-0.05, 0) is 54.7 Å². The highest BCUT2D eigenvalue weighted by atomic mass is 35.5. The number of furan rings is 1. The number of para-hydroxylation sites is 1. The molecule has 4 heteroatoms. The average molecular weight is 389 g/mol. The average Bonchev–Trinajstić information content (AvgIpc) is 3.16. The number of halogens is 1. The molecule has 0 atom stereocenters. The fraction of sp³-hybridized carbons (Fsp3) is 0.565. The zero-order chi connectivity index (χ0) is 18.0. The van der Waals surface area contributed by atoms with Crippen LogP contribution in [-0.4, -0.2) is 31.1 Å². The molecule has 2 aromatic rings. The number of piperazine rings is 1. The van der Waals surface area contributed by atoms with Crippen molar-refractivity contribution in [3.63, 3.8) is 0 Å². The Kier molecular flexibility index (Phi) is 6.54. The van der Waals surface area contributed by atoms with Gasteiger partial charge in [-0.15, -0.1) is 12.4 Å². The van der Waals surface area contributed by atoms with Gasteiger partial charge >= 0.3 is 0 Å².